The molecule has 0 saturated carbocycles. The number of hydrogen-bond acceptors (Lipinski definition) is 2. The summed E-state index contributed by atoms with van der Waals surface area (Å²) in [4.78, 5) is 12.9. The molecule has 1 aliphatic rings. The van der Waals surface area contributed by atoms with E-state index in [1.807, 2.05) is 18.2 Å². The molecule has 0 unspecified atom stereocenters. The number of carbonyl (C=O) groups is 1. The lowest BCUT2D eigenvalue weighted by atomic mass is 10.0. The lowest BCUT2D eigenvalue weighted by molar-refractivity contribution is -0.131. The normalized spacial score (nSPS) is 15.8. The number of hydrogen-bond donors (Lipinski definition) is 1. The van der Waals surface area contributed by atoms with Crippen molar-refractivity contribution in [3.05, 3.63) is 40.4 Å². The largest absolute Gasteiger partial charge is 0.478 e. The number of carboxylic acid groups (broad SMARTS) is 1. The van der Waals surface area contributed by atoms with Crippen LogP contribution in [0.2, 0.25) is 0 Å². The molecule has 4 heteroatoms. The Balaban J connectivity index is 2.05. The van der Waals surface area contributed by atoms with Gasteiger partial charge in [-0.3, -0.25) is 0 Å². The van der Waals surface area contributed by atoms with Crippen LogP contribution in [0.5, 0.6) is 0 Å². The number of rotatable bonds is 2. The van der Waals surface area contributed by atoms with Crippen LogP contribution in [-0.2, 0) is 4.79 Å². The predicted octanol–water partition coefficient (Wildman–Crippen LogP) is 3.06. The monoisotopic (exact) mass is 295 g/mol. The number of carboxylic acids is 1. The van der Waals surface area contributed by atoms with Crippen LogP contribution in [0.15, 0.2) is 40.4 Å². The molecule has 1 fully saturated rings. The van der Waals surface area contributed by atoms with E-state index in [1.165, 1.54) is 11.8 Å². The highest BCUT2D eigenvalue weighted by atomic mass is 79.9. The lowest BCUT2D eigenvalue weighted by Crippen LogP contribution is -2.30. The van der Waals surface area contributed by atoms with Crippen LogP contribution in [0.1, 0.15) is 12.8 Å². The Bertz CT molecular complexity index is 446. The van der Waals surface area contributed by atoms with E-state index in [1.54, 1.807) is 0 Å². The van der Waals surface area contributed by atoms with Gasteiger partial charge in [0.25, 0.3) is 0 Å². The second kappa shape index (κ2) is 5.36. The Labute approximate surface area is 109 Å². The summed E-state index contributed by atoms with van der Waals surface area (Å²) in [5, 5.41) is 8.70. The van der Waals surface area contributed by atoms with Crippen molar-refractivity contribution in [2.24, 2.45) is 0 Å². The molecule has 17 heavy (non-hydrogen) atoms. The molecule has 1 aliphatic heterocycles. The van der Waals surface area contributed by atoms with E-state index < -0.39 is 5.97 Å². The molecule has 1 aromatic rings. The van der Waals surface area contributed by atoms with E-state index in [-0.39, 0.29) is 0 Å². The van der Waals surface area contributed by atoms with Crippen molar-refractivity contribution in [1.29, 1.82) is 0 Å². The molecule has 0 amide bonds. The molecule has 3 nitrogen and oxygen atoms in total. The van der Waals surface area contributed by atoms with E-state index in [2.05, 4.69) is 26.9 Å². The summed E-state index contributed by atoms with van der Waals surface area (Å²) < 4.78 is 1.09. The summed E-state index contributed by atoms with van der Waals surface area (Å²) >= 11 is 3.54. The van der Waals surface area contributed by atoms with Gasteiger partial charge in [-0.15, -0.1) is 0 Å². The number of nitrogens with zero attached hydrogens (tertiary/aromatic N) is 1. The third-order valence-corrected chi connectivity index (χ3v) is 3.60. The van der Waals surface area contributed by atoms with Crippen molar-refractivity contribution in [2.45, 2.75) is 12.8 Å². The van der Waals surface area contributed by atoms with Crippen LogP contribution in [-0.4, -0.2) is 24.2 Å². The van der Waals surface area contributed by atoms with Gasteiger partial charge in [-0.1, -0.05) is 17.7 Å². The molecule has 0 aliphatic carbocycles. The van der Waals surface area contributed by atoms with Crippen molar-refractivity contribution in [3.8, 4) is 0 Å². The van der Waals surface area contributed by atoms with Gasteiger partial charge in [-0.05, 0) is 40.9 Å². The summed E-state index contributed by atoms with van der Waals surface area (Å²) in [6, 6.07) is 8.11. The fraction of sp³-hybridized carbons (Fsp3) is 0.308. The average Bonchev–Trinajstić information content (AvgIpc) is 2.30. The summed E-state index contributed by atoms with van der Waals surface area (Å²) in [6.07, 6.45) is 3.00. The summed E-state index contributed by atoms with van der Waals surface area (Å²) in [5.41, 5.74) is 2.21. The van der Waals surface area contributed by atoms with Gasteiger partial charge in [0.2, 0.25) is 0 Å². The molecule has 0 spiro atoms. The third-order valence-electron chi connectivity index (χ3n) is 2.93. The molecule has 1 aromatic carbocycles. The molecule has 1 heterocycles. The first-order chi connectivity index (χ1) is 8.16. The Hall–Kier alpha value is -1.29. The van der Waals surface area contributed by atoms with Crippen molar-refractivity contribution in [2.75, 3.05) is 18.0 Å². The van der Waals surface area contributed by atoms with Crippen molar-refractivity contribution in [3.63, 3.8) is 0 Å². The zero-order valence-corrected chi connectivity index (χ0v) is 11.0. The van der Waals surface area contributed by atoms with Crippen molar-refractivity contribution in [1.82, 2.24) is 0 Å². The van der Waals surface area contributed by atoms with E-state index in [4.69, 9.17) is 5.11 Å². The number of benzene rings is 1. The highest BCUT2D eigenvalue weighted by molar-refractivity contribution is 9.10. The maximum Gasteiger partial charge on any atom is 0.328 e. The lowest BCUT2D eigenvalue weighted by Gasteiger charge is -2.31. The first kappa shape index (κ1) is 12.2. The fourth-order valence-corrected chi connectivity index (χ4v) is 2.60. The molecular weight excluding hydrogens is 282 g/mol. The standard InChI is InChI=1S/C13H14BrNO2/c14-11-3-1-2-4-12(11)15-7-5-10(6-8-15)9-13(16)17/h1-4,9H,5-8H2,(H,16,17). The highest BCUT2D eigenvalue weighted by Gasteiger charge is 2.16. The van der Waals surface area contributed by atoms with Crippen LogP contribution >= 0.6 is 15.9 Å². The number of piperidine rings is 1. The number of halogens is 1. The summed E-state index contributed by atoms with van der Waals surface area (Å²) in [6.45, 7) is 1.75. The zero-order chi connectivity index (χ0) is 12.3. The Morgan fingerprint density at radius 2 is 1.94 bits per heavy atom. The minimum Gasteiger partial charge on any atom is -0.478 e. The molecule has 0 aromatic heterocycles. The second-order valence-electron chi connectivity index (χ2n) is 4.08. The molecule has 0 bridgehead atoms. The minimum absolute atomic E-state index is 0.827. The third kappa shape index (κ3) is 3.09. The first-order valence-corrected chi connectivity index (χ1v) is 6.38. The van der Waals surface area contributed by atoms with Gasteiger partial charge in [0.05, 0.1) is 5.69 Å². The first-order valence-electron chi connectivity index (χ1n) is 5.58. The van der Waals surface area contributed by atoms with E-state index in [0.717, 1.165) is 36.0 Å². The molecule has 1 saturated heterocycles. The van der Waals surface area contributed by atoms with Crippen molar-refractivity contribution < 1.29 is 9.90 Å². The second-order valence-corrected chi connectivity index (χ2v) is 4.93. The average molecular weight is 296 g/mol. The van der Waals surface area contributed by atoms with Crippen LogP contribution in [0.4, 0.5) is 5.69 Å². The van der Waals surface area contributed by atoms with Gasteiger partial charge in [0.15, 0.2) is 0 Å². The summed E-state index contributed by atoms with van der Waals surface area (Å²) in [7, 11) is 0. The van der Waals surface area contributed by atoms with E-state index >= 15 is 0 Å². The van der Waals surface area contributed by atoms with Gasteiger partial charge in [-0.25, -0.2) is 4.79 Å². The number of anilines is 1. The Morgan fingerprint density at radius 3 is 2.53 bits per heavy atom. The maximum absolute atomic E-state index is 10.6. The van der Waals surface area contributed by atoms with E-state index in [0.29, 0.717) is 0 Å². The quantitative estimate of drug-likeness (QED) is 0.853. The Kier molecular flexibility index (Phi) is 3.84. The molecule has 1 N–H and O–H groups in total. The predicted molar refractivity (Wildman–Crippen MR) is 71.3 cm³/mol. The van der Waals surface area contributed by atoms with Gasteiger partial charge >= 0.3 is 5.97 Å². The van der Waals surface area contributed by atoms with E-state index in [9.17, 15) is 4.79 Å². The molecule has 2 rings (SSSR count). The summed E-state index contributed by atoms with van der Waals surface area (Å²) in [5.74, 6) is -0.839. The van der Waals surface area contributed by atoms with Crippen LogP contribution < -0.4 is 4.90 Å². The zero-order valence-electron chi connectivity index (χ0n) is 9.40. The number of para-hydroxylation sites is 1. The minimum atomic E-state index is -0.839. The van der Waals surface area contributed by atoms with Crippen LogP contribution in [0, 0.1) is 0 Å². The number of aliphatic carboxylic acids is 1. The molecule has 0 radical (unpaired) electrons. The molecule has 0 atom stereocenters. The fourth-order valence-electron chi connectivity index (χ4n) is 2.06. The van der Waals surface area contributed by atoms with Gasteiger partial charge in [-0.2, -0.15) is 0 Å². The van der Waals surface area contributed by atoms with Crippen molar-refractivity contribution >= 4 is 27.6 Å². The van der Waals surface area contributed by atoms with Crippen LogP contribution in [0.25, 0.3) is 0 Å². The van der Waals surface area contributed by atoms with Gasteiger partial charge < -0.3 is 10.0 Å². The smallest absolute Gasteiger partial charge is 0.328 e. The van der Waals surface area contributed by atoms with Gasteiger partial charge in [0, 0.05) is 23.6 Å². The topological polar surface area (TPSA) is 40.5 Å². The maximum atomic E-state index is 10.6. The Morgan fingerprint density at radius 1 is 1.29 bits per heavy atom. The van der Waals surface area contributed by atoms with Gasteiger partial charge in [0.1, 0.15) is 0 Å². The highest BCUT2D eigenvalue weighted by Crippen LogP contribution is 2.29. The molecule has 90 valence electrons. The SMILES string of the molecule is O=C(O)C=C1CCN(c2ccccc2Br)CC1. The van der Waals surface area contributed by atoms with Crippen LogP contribution in [0.3, 0.4) is 0 Å². The molecular formula is C13H14BrNO2.